The Hall–Kier alpha value is -7.20. The van der Waals surface area contributed by atoms with Gasteiger partial charge in [-0.1, -0.05) is 185 Å². The molecule has 1 aliphatic rings. The summed E-state index contributed by atoms with van der Waals surface area (Å²) in [6.45, 7) is 9.76. The normalized spacial score (nSPS) is 14.6. The molecule has 0 aliphatic heterocycles. The molecule has 0 saturated carbocycles. The maximum atomic E-state index is 2.62. The number of aromatic nitrogens is 2. The van der Waals surface area contributed by atoms with Crippen molar-refractivity contribution in [1.82, 2.24) is 9.13 Å². The predicted octanol–water partition coefficient (Wildman–Crippen LogP) is 13.3. The molecule has 11 aromatic rings. The van der Waals surface area contributed by atoms with Gasteiger partial charge in [0, 0.05) is 32.9 Å². The molecule has 2 nitrogen and oxygen atoms in total. The van der Waals surface area contributed by atoms with Crippen molar-refractivity contribution in [1.29, 1.82) is 0 Å². The minimum absolute atomic E-state index is 0.101. The molecule has 9 aromatic carbocycles. The van der Waals surface area contributed by atoms with Crippen molar-refractivity contribution in [3.8, 4) is 22.5 Å². The first-order valence-corrected chi connectivity index (χ1v) is 25.2. The fourth-order valence-corrected chi connectivity index (χ4v) is 16.2. The average Bonchev–Trinajstić information content (AvgIpc) is 3.87. The molecule has 0 saturated heterocycles. The largest absolute Gasteiger partial charge is 0.309 e. The fraction of sp³-hybridized carbons (Fsp3) is 0.129. The zero-order chi connectivity index (χ0) is 43.9. The molecule has 314 valence electrons. The van der Waals surface area contributed by atoms with E-state index in [1.165, 1.54) is 111 Å². The highest BCUT2D eigenvalue weighted by atomic mass is 28.3. The summed E-state index contributed by atoms with van der Waals surface area (Å²) in [5.41, 5.74) is 12.9. The Morgan fingerprint density at radius 3 is 1.25 bits per heavy atom. The van der Waals surface area contributed by atoms with E-state index in [9.17, 15) is 0 Å². The average molecular weight is 853 g/mol. The fourth-order valence-electron chi connectivity index (χ4n) is 11.5. The van der Waals surface area contributed by atoms with Gasteiger partial charge in [-0.3, -0.25) is 0 Å². The highest BCUT2D eigenvalue weighted by Gasteiger charge is 2.44. The molecule has 3 heteroatoms. The Morgan fingerprint density at radius 1 is 0.323 bits per heavy atom. The van der Waals surface area contributed by atoms with Gasteiger partial charge >= 0.3 is 0 Å². The van der Waals surface area contributed by atoms with Crippen LogP contribution in [0, 0.1) is 0 Å². The summed E-state index contributed by atoms with van der Waals surface area (Å²) in [4.78, 5) is 0. The number of benzene rings is 9. The van der Waals surface area contributed by atoms with Crippen LogP contribution in [0.4, 0.5) is 0 Å². The first-order chi connectivity index (χ1) is 31.7. The van der Waals surface area contributed by atoms with Crippen molar-refractivity contribution >= 4 is 72.4 Å². The molecule has 0 atom stereocenters. The van der Waals surface area contributed by atoms with Gasteiger partial charge in [0.05, 0.1) is 22.1 Å². The third-order valence-electron chi connectivity index (χ3n) is 15.0. The monoisotopic (exact) mass is 852 g/mol. The lowest BCUT2D eigenvalue weighted by atomic mass is 9.63. The number of rotatable bonds is 7. The minimum Gasteiger partial charge on any atom is -0.309 e. The zero-order valence-corrected chi connectivity index (χ0v) is 38.6. The van der Waals surface area contributed by atoms with Crippen molar-refractivity contribution in [2.24, 2.45) is 0 Å². The number of fused-ring (bicyclic) bond motifs is 7. The first-order valence-electron chi connectivity index (χ1n) is 23.2. The molecule has 0 spiro atoms. The lowest BCUT2D eigenvalue weighted by Gasteiger charge is -2.43. The van der Waals surface area contributed by atoms with Gasteiger partial charge < -0.3 is 9.13 Å². The summed E-state index contributed by atoms with van der Waals surface area (Å²) in [5, 5.41) is 10.7. The van der Waals surface area contributed by atoms with E-state index in [1.807, 2.05) is 0 Å². The standard InChI is InChI=1S/C62H52N2Si/c1-61(2)38-39-62(3,4)56-42-50(34-35-55(56)61)65(47-20-10-6-11-21-47,48-22-12-7-13-23-48)49-32-30-46(31-33-49)64-58-27-17-15-25-52(58)54-41-44(29-37-60(54)64)43-28-36-59-53(40-43)51-24-14-16-26-57(51)63(59)45-18-8-5-9-19-45/h5-37,40-42H,38-39H2,1-4H3. The lowest BCUT2D eigenvalue weighted by Crippen LogP contribution is -2.74. The van der Waals surface area contributed by atoms with Gasteiger partial charge in [-0.15, -0.1) is 0 Å². The van der Waals surface area contributed by atoms with E-state index in [4.69, 9.17) is 0 Å². The van der Waals surface area contributed by atoms with Crippen LogP contribution in [0.1, 0.15) is 51.7 Å². The molecule has 12 rings (SSSR count). The van der Waals surface area contributed by atoms with Crippen LogP contribution in [0.3, 0.4) is 0 Å². The predicted molar refractivity (Wildman–Crippen MR) is 279 cm³/mol. The van der Waals surface area contributed by atoms with Crippen molar-refractivity contribution in [3.05, 3.63) is 230 Å². The molecular weight excluding hydrogens is 801 g/mol. The Balaban J connectivity index is 1.01. The quantitative estimate of drug-likeness (QED) is 0.112. The number of para-hydroxylation sites is 3. The van der Waals surface area contributed by atoms with Crippen LogP contribution in [-0.2, 0) is 10.8 Å². The van der Waals surface area contributed by atoms with Crippen LogP contribution >= 0.6 is 0 Å². The SMILES string of the molecule is CC1(C)CCC(C)(C)c2cc([Si](c3ccccc3)(c3ccccc3)c3ccc(-n4c5ccccc5c5cc(-c6ccc7c(c6)c6ccccc6n7-c6ccccc6)ccc54)cc3)ccc21. The van der Waals surface area contributed by atoms with E-state index in [-0.39, 0.29) is 10.8 Å². The Labute approximate surface area is 383 Å². The third-order valence-corrected chi connectivity index (χ3v) is 19.7. The van der Waals surface area contributed by atoms with Crippen molar-refractivity contribution in [3.63, 3.8) is 0 Å². The maximum absolute atomic E-state index is 2.79. The summed E-state index contributed by atoms with van der Waals surface area (Å²) < 4.78 is 4.85. The van der Waals surface area contributed by atoms with E-state index in [0.29, 0.717) is 0 Å². The van der Waals surface area contributed by atoms with Gasteiger partial charge in [0.1, 0.15) is 0 Å². The molecule has 0 N–H and O–H groups in total. The second kappa shape index (κ2) is 14.9. The van der Waals surface area contributed by atoms with Crippen molar-refractivity contribution in [2.45, 2.75) is 51.4 Å². The second-order valence-electron chi connectivity index (χ2n) is 19.6. The van der Waals surface area contributed by atoms with E-state index in [2.05, 4.69) is 255 Å². The molecule has 0 amide bonds. The van der Waals surface area contributed by atoms with E-state index in [0.717, 1.165) is 0 Å². The van der Waals surface area contributed by atoms with Crippen molar-refractivity contribution < 1.29 is 0 Å². The van der Waals surface area contributed by atoms with Gasteiger partial charge in [-0.25, -0.2) is 0 Å². The topological polar surface area (TPSA) is 9.86 Å². The smallest absolute Gasteiger partial charge is 0.179 e. The molecule has 1 aliphatic carbocycles. The van der Waals surface area contributed by atoms with Gasteiger partial charge in [0.25, 0.3) is 0 Å². The summed E-state index contributed by atoms with van der Waals surface area (Å²) in [5.74, 6) is 0. The Morgan fingerprint density at radius 2 is 0.723 bits per heavy atom. The van der Waals surface area contributed by atoms with Crippen LogP contribution in [0.2, 0.25) is 0 Å². The van der Waals surface area contributed by atoms with Crippen LogP contribution in [0.15, 0.2) is 218 Å². The Bertz CT molecular complexity index is 3540. The second-order valence-corrected chi connectivity index (χ2v) is 23.4. The summed E-state index contributed by atoms with van der Waals surface area (Å²) in [7, 11) is -2.79. The minimum atomic E-state index is -2.79. The van der Waals surface area contributed by atoms with E-state index >= 15 is 0 Å². The van der Waals surface area contributed by atoms with Crippen molar-refractivity contribution in [2.75, 3.05) is 0 Å². The third kappa shape index (κ3) is 6.13. The molecule has 0 unspecified atom stereocenters. The molecule has 2 heterocycles. The van der Waals surface area contributed by atoms with E-state index < -0.39 is 8.07 Å². The summed E-state index contributed by atoms with van der Waals surface area (Å²) in [6, 6.07) is 82.4. The molecule has 0 radical (unpaired) electrons. The van der Waals surface area contributed by atoms with Gasteiger partial charge in [0.2, 0.25) is 0 Å². The highest BCUT2D eigenvalue weighted by molar-refractivity contribution is 7.19. The van der Waals surface area contributed by atoms with Crippen LogP contribution in [-0.4, -0.2) is 17.2 Å². The molecule has 0 bridgehead atoms. The van der Waals surface area contributed by atoms with Gasteiger partial charge in [-0.2, -0.15) is 0 Å². The summed E-state index contributed by atoms with van der Waals surface area (Å²) in [6.07, 6.45) is 2.39. The Kier molecular flexibility index (Phi) is 9.05. The van der Waals surface area contributed by atoms with Gasteiger partial charge in [-0.05, 0) is 127 Å². The molecule has 2 aromatic heterocycles. The number of hydrogen-bond acceptors (Lipinski definition) is 0. The first kappa shape index (κ1) is 39.4. The van der Waals surface area contributed by atoms with Crippen LogP contribution in [0.5, 0.6) is 0 Å². The molecular formula is C62H52N2Si. The van der Waals surface area contributed by atoms with Gasteiger partial charge in [0.15, 0.2) is 8.07 Å². The zero-order valence-electron chi connectivity index (χ0n) is 37.6. The highest BCUT2D eigenvalue weighted by Crippen LogP contribution is 2.45. The number of nitrogens with zero attached hydrogens (tertiary/aromatic N) is 2. The number of hydrogen-bond donors (Lipinski definition) is 0. The summed E-state index contributed by atoms with van der Waals surface area (Å²) >= 11 is 0. The van der Waals surface area contributed by atoms with Crippen LogP contribution in [0.25, 0.3) is 66.1 Å². The molecule has 0 fully saturated rings. The molecule has 65 heavy (non-hydrogen) atoms. The maximum Gasteiger partial charge on any atom is 0.179 e. The van der Waals surface area contributed by atoms with Crippen LogP contribution < -0.4 is 20.7 Å². The van der Waals surface area contributed by atoms with E-state index in [1.54, 1.807) is 0 Å². The lowest BCUT2D eigenvalue weighted by molar-refractivity contribution is 0.332.